The van der Waals surface area contributed by atoms with Crippen molar-refractivity contribution in [2.45, 2.75) is 0 Å². The topological polar surface area (TPSA) is 33.2 Å². The number of benzene rings is 13. The number of hydrogen-bond donors (Lipinski definition) is 0. The molecule has 0 radical (unpaired) electrons. The van der Waals surface area contributed by atoms with Crippen LogP contribution in [0.5, 0.6) is 23.0 Å². The third-order valence-corrected chi connectivity index (χ3v) is 16.3. The Kier molecular flexibility index (Phi) is 11.5. The molecule has 390 valence electrons. The first-order chi connectivity index (χ1) is 41.1. The van der Waals surface area contributed by atoms with Crippen LogP contribution >= 0.6 is 0 Å². The van der Waals surface area contributed by atoms with E-state index in [0.29, 0.717) is 0 Å². The van der Waals surface area contributed by atoms with Crippen LogP contribution in [-0.2, 0) is 0 Å². The van der Waals surface area contributed by atoms with Gasteiger partial charge in [0.2, 0.25) is 0 Å². The van der Waals surface area contributed by atoms with Gasteiger partial charge in [0.25, 0.3) is 0 Å². The molecule has 0 saturated carbocycles. The highest BCUT2D eigenvalue weighted by atomic mass is 16.5. The lowest BCUT2D eigenvalue weighted by Crippen LogP contribution is -1.95. The van der Waals surface area contributed by atoms with E-state index in [1.807, 2.05) is 60.7 Å². The Morgan fingerprint density at radius 2 is 0.470 bits per heavy atom. The first kappa shape index (κ1) is 47.8. The SMILES string of the molecule is c1ccc(Oc2ccc3c(c2)c2ccc(-c4ccc5c6ccc(-c7ccc8c9cc(Oc%10ccccc%10)ccc9n(-c9cccc(-c%10ccccc%10)c9)c8c7)cc6n(-c6ccccc6)c5c4)cc2n3-c2cccc(-c3ccccc3)c2)cc1. The fraction of sp³-hybridized carbons (Fsp3) is 0. The van der Waals surface area contributed by atoms with Gasteiger partial charge in [0.15, 0.2) is 0 Å². The number of fused-ring (bicyclic) bond motifs is 9. The average molecular weight is 1060 g/mol. The van der Waals surface area contributed by atoms with Gasteiger partial charge in [-0.3, -0.25) is 0 Å². The summed E-state index contributed by atoms with van der Waals surface area (Å²) in [5.74, 6) is 3.20. The lowest BCUT2D eigenvalue weighted by Gasteiger charge is -2.12. The van der Waals surface area contributed by atoms with Crippen LogP contribution in [-0.4, -0.2) is 13.7 Å². The Morgan fingerprint density at radius 3 is 0.855 bits per heavy atom. The quantitative estimate of drug-likeness (QED) is 0.129. The molecule has 0 spiro atoms. The van der Waals surface area contributed by atoms with Gasteiger partial charge in [0, 0.05) is 49.4 Å². The highest BCUT2D eigenvalue weighted by molar-refractivity contribution is 6.14. The smallest absolute Gasteiger partial charge is 0.128 e. The maximum Gasteiger partial charge on any atom is 0.128 e. The van der Waals surface area contributed by atoms with Crippen molar-refractivity contribution in [3.05, 3.63) is 309 Å². The van der Waals surface area contributed by atoms with E-state index in [1.165, 1.54) is 21.9 Å². The molecule has 3 aromatic heterocycles. The summed E-state index contributed by atoms with van der Waals surface area (Å²) in [5, 5.41) is 6.95. The molecule has 0 aliphatic rings. The van der Waals surface area contributed by atoms with Crippen LogP contribution in [0.4, 0.5) is 0 Å². The number of hydrogen-bond acceptors (Lipinski definition) is 2. The lowest BCUT2D eigenvalue weighted by atomic mass is 10.00. The number of nitrogens with zero attached hydrogens (tertiary/aromatic N) is 3. The Bertz CT molecular complexity index is 4820. The molecule has 0 amide bonds. The van der Waals surface area contributed by atoms with Crippen LogP contribution in [0.2, 0.25) is 0 Å². The van der Waals surface area contributed by atoms with Gasteiger partial charge in [-0.05, 0) is 166 Å². The zero-order valence-corrected chi connectivity index (χ0v) is 45.1. The van der Waals surface area contributed by atoms with Crippen molar-refractivity contribution < 1.29 is 9.47 Å². The van der Waals surface area contributed by atoms with Crippen LogP contribution in [0.3, 0.4) is 0 Å². The summed E-state index contributed by atoms with van der Waals surface area (Å²) < 4.78 is 20.1. The molecule has 0 N–H and O–H groups in total. The monoisotopic (exact) mass is 1060 g/mol. The molecule has 0 bridgehead atoms. The third kappa shape index (κ3) is 8.50. The minimum Gasteiger partial charge on any atom is -0.457 e. The summed E-state index contributed by atoms with van der Waals surface area (Å²) in [6.07, 6.45) is 0. The summed E-state index contributed by atoms with van der Waals surface area (Å²) in [6, 6.07) is 110. The van der Waals surface area contributed by atoms with E-state index in [2.05, 4.69) is 262 Å². The van der Waals surface area contributed by atoms with Gasteiger partial charge in [-0.15, -0.1) is 0 Å². The van der Waals surface area contributed by atoms with Crippen LogP contribution in [0, 0.1) is 0 Å². The molecule has 0 aliphatic carbocycles. The predicted molar refractivity (Wildman–Crippen MR) is 344 cm³/mol. The first-order valence-corrected chi connectivity index (χ1v) is 28.2. The minimum atomic E-state index is 0.796. The van der Waals surface area contributed by atoms with Gasteiger partial charge in [-0.2, -0.15) is 0 Å². The van der Waals surface area contributed by atoms with Crippen LogP contribution in [0.1, 0.15) is 0 Å². The van der Waals surface area contributed by atoms with E-state index in [0.717, 1.165) is 128 Å². The molecule has 3 heterocycles. The Balaban J connectivity index is 0.844. The number of para-hydroxylation sites is 3. The second-order valence-electron chi connectivity index (χ2n) is 21.3. The molecule has 5 heteroatoms. The zero-order valence-electron chi connectivity index (χ0n) is 45.1. The lowest BCUT2D eigenvalue weighted by molar-refractivity contribution is 0.483. The number of ether oxygens (including phenoxy) is 2. The van der Waals surface area contributed by atoms with E-state index in [-0.39, 0.29) is 0 Å². The van der Waals surface area contributed by atoms with Crippen LogP contribution in [0.25, 0.3) is 127 Å². The molecular weight excluding hydrogens is 1010 g/mol. The van der Waals surface area contributed by atoms with Gasteiger partial charge >= 0.3 is 0 Å². The molecule has 0 atom stereocenters. The fourth-order valence-electron chi connectivity index (χ4n) is 12.4. The van der Waals surface area contributed by atoms with Crippen molar-refractivity contribution in [3.8, 4) is 84.6 Å². The minimum absolute atomic E-state index is 0.796. The summed E-state index contributed by atoms with van der Waals surface area (Å²) in [7, 11) is 0. The van der Waals surface area contributed by atoms with Gasteiger partial charge in [-0.1, -0.05) is 188 Å². The highest BCUT2D eigenvalue weighted by Crippen LogP contribution is 2.43. The van der Waals surface area contributed by atoms with Crippen molar-refractivity contribution in [3.63, 3.8) is 0 Å². The van der Waals surface area contributed by atoms with Gasteiger partial charge in [-0.25, -0.2) is 0 Å². The Hall–Kier alpha value is -11.1. The Morgan fingerprint density at radius 1 is 0.169 bits per heavy atom. The standard InChI is InChI=1S/C78H51N3O2/c1-6-18-52(19-7-1)54-22-16-26-61(44-54)80-73-42-36-65(82-63-28-12-4-13-29-63)50-71(73)69-40-34-58(48-77(69)80)56-32-38-67-68-39-33-57(47-76(68)79(75(67)46-56)60-24-10-3-11-25-60)59-35-41-70-72-51-66(83-64-30-14-5-15-31-64)37-43-74(72)81(78(70)49-59)62-27-17-23-55(45-62)53-20-8-2-9-21-53/h1-51H. The zero-order chi connectivity index (χ0) is 54.8. The van der Waals surface area contributed by atoms with Crippen molar-refractivity contribution in [2.24, 2.45) is 0 Å². The molecule has 0 saturated heterocycles. The molecule has 83 heavy (non-hydrogen) atoms. The molecular formula is C78H51N3O2. The molecule has 13 aromatic carbocycles. The molecule has 16 aromatic rings. The number of aromatic nitrogens is 3. The van der Waals surface area contributed by atoms with Crippen molar-refractivity contribution in [2.75, 3.05) is 0 Å². The second kappa shape index (κ2) is 19.9. The fourth-order valence-corrected chi connectivity index (χ4v) is 12.4. The normalized spacial score (nSPS) is 11.6. The van der Waals surface area contributed by atoms with E-state index >= 15 is 0 Å². The molecule has 0 aliphatic heterocycles. The van der Waals surface area contributed by atoms with Crippen molar-refractivity contribution in [1.29, 1.82) is 0 Å². The third-order valence-electron chi connectivity index (χ3n) is 16.3. The van der Waals surface area contributed by atoms with E-state index in [4.69, 9.17) is 9.47 Å². The van der Waals surface area contributed by atoms with E-state index in [9.17, 15) is 0 Å². The van der Waals surface area contributed by atoms with Crippen molar-refractivity contribution in [1.82, 2.24) is 13.7 Å². The first-order valence-electron chi connectivity index (χ1n) is 28.2. The number of rotatable bonds is 11. The van der Waals surface area contributed by atoms with Gasteiger partial charge in [0.05, 0.1) is 33.1 Å². The Labute approximate surface area is 480 Å². The summed E-state index contributed by atoms with van der Waals surface area (Å²) in [6.45, 7) is 0. The maximum atomic E-state index is 6.43. The highest BCUT2D eigenvalue weighted by Gasteiger charge is 2.20. The molecule has 16 rings (SSSR count). The van der Waals surface area contributed by atoms with Crippen LogP contribution in [0.15, 0.2) is 309 Å². The van der Waals surface area contributed by atoms with Gasteiger partial charge in [0.1, 0.15) is 23.0 Å². The average Bonchev–Trinajstić information content (AvgIpc) is 2.41. The molecule has 5 nitrogen and oxygen atoms in total. The summed E-state index contributed by atoms with van der Waals surface area (Å²) >= 11 is 0. The van der Waals surface area contributed by atoms with Gasteiger partial charge < -0.3 is 23.2 Å². The van der Waals surface area contributed by atoms with E-state index < -0.39 is 0 Å². The summed E-state index contributed by atoms with van der Waals surface area (Å²) in [4.78, 5) is 0. The summed E-state index contributed by atoms with van der Waals surface area (Å²) in [5.41, 5.74) is 19.2. The predicted octanol–water partition coefficient (Wildman–Crippen LogP) is 21.2. The second-order valence-corrected chi connectivity index (χ2v) is 21.3. The van der Waals surface area contributed by atoms with Crippen molar-refractivity contribution >= 4 is 65.4 Å². The molecule has 0 fully saturated rings. The van der Waals surface area contributed by atoms with Crippen LogP contribution < -0.4 is 9.47 Å². The van der Waals surface area contributed by atoms with E-state index in [1.54, 1.807) is 0 Å². The maximum absolute atomic E-state index is 6.43. The molecule has 0 unspecified atom stereocenters. The largest absolute Gasteiger partial charge is 0.457 e.